The minimum atomic E-state index is -0.856. The van der Waals surface area contributed by atoms with Gasteiger partial charge in [-0.15, -0.1) is 0 Å². The van der Waals surface area contributed by atoms with Crippen LogP contribution in [0.2, 0.25) is 10.0 Å². The second-order valence-corrected chi connectivity index (χ2v) is 7.54. The summed E-state index contributed by atoms with van der Waals surface area (Å²) in [7, 11) is 0. The van der Waals surface area contributed by atoms with E-state index in [4.69, 9.17) is 37.8 Å². The van der Waals surface area contributed by atoms with Gasteiger partial charge in [0.15, 0.2) is 0 Å². The zero-order chi connectivity index (χ0) is 22.1. The SMILES string of the molecule is O=C(O)Cc1ccc(OCCCOc2ccc(Cl)cc2C#Cc2ccc(Cl)cc2)cc1. The van der Waals surface area contributed by atoms with Crippen LogP contribution in [-0.4, -0.2) is 24.3 Å². The van der Waals surface area contributed by atoms with Crippen LogP contribution in [0.15, 0.2) is 66.7 Å². The van der Waals surface area contributed by atoms with Crippen LogP contribution in [0.5, 0.6) is 11.5 Å². The van der Waals surface area contributed by atoms with Crippen LogP contribution in [0.1, 0.15) is 23.1 Å². The number of carboxylic acid groups (broad SMARTS) is 1. The van der Waals surface area contributed by atoms with Crippen LogP contribution in [0.25, 0.3) is 0 Å². The highest BCUT2D eigenvalue weighted by Gasteiger charge is 2.04. The second kappa shape index (κ2) is 11.3. The van der Waals surface area contributed by atoms with Crippen molar-refractivity contribution in [3.8, 4) is 23.3 Å². The van der Waals surface area contributed by atoms with Gasteiger partial charge in [-0.3, -0.25) is 4.79 Å². The summed E-state index contributed by atoms with van der Waals surface area (Å²) >= 11 is 12.0. The maximum atomic E-state index is 10.7. The van der Waals surface area contributed by atoms with Gasteiger partial charge in [-0.05, 0) is 60.2 Å². The van der Waals surface area contributed by atoms with Crippen molar-refractivity contribution in [1.29, 1.82) is 0 Å². The molecular weight excluding hydrogens is 435 g/mol. The maximum Gasteiger partial charge on any atom is 0.307 e. The Balaban J connectivity index is 1.51. The summed E-state index contributed by atoms with van der Waals surface area (Å²) in [6.07, 6.45) is 0.669. The van der Waals surface area contributed by atoms with Crippen molar-refractivity contribution in [2.24, 2.45) is 0 Å². The van der Waals surface area contributed by atoms with Gasteiger partial charge < -0.3 is 14.6 Å². The lowest BCUT2D eigenvalue weighted by atomic mass is 10.1. The molecule has 158 valence electrons. The molecule has 0 aliphatic carbocycles. The zero-order valence-corrected chi connectivity index (χ0v) is 18.1. The van der Waals surface area contributed by atoms with Gasteiger partial charge in [-0.25, -0.2) is 0 Å². The molecule has 0 bridgehead atoms. The number of halogens is 2. The van der Waals surface area contributed by atoms with Gasteiger partial charge in [-0.1, -0.05) is 47.2 Å². The lowest BCUT2D eigenvalue weighted by Gasteiger charge is -2.10. The molecule has 0 aliphatic rings. The summed E-state index contributed by atoms with van der Waals surface area (Å²) in [4.78, 5) is 10.7. The quantitative estimate of drug-likeness (QED) is 0.341. The molecular formula is C25H20Cl2O4. The summed E-state index contributed by atoms with van der Waals surface area (Å²) in [5.41, 5.74) is 2.29. The van der Waals surface area contributed by atoms with E-state index in [1.54, 1.807) is 54.6 Å². The zero-order valence-electron chi connectivity index (χ0n) is 16.6. The first kappa shape index (κ1) is 22.6. The predicted molar refractivity (Wildman–Crippen MR) is 122 cm³/mol. The van der Waals surface area contributed by atoms with Crippen LogP contribution in [0.3, 0.4) is 0 Å². The van der Waals surface area contributed by atoms with Gasteiger partial charge in [0.2, 0.25) is 0 Å². The Morgan fingerprint density at radius 3 is 2.23 bits per heavy atom. The first-order valence-electron chi connectivity index (χ1n) is 9.63. The highest BCUT2D eigenvalue weighted by molar-refractivity contribution is 6.31. The predicted octanol–water partition coefficient (Wildman–Crippen LogP) is 5.87. The van der Waals surface area contributed by atoms with E-state index in [0.29, 0.717) is 46.7 Å². The molecule has 3 aromatic rings. The number of ether oxygens (including phenoxy) is 2. The molecule has 0 fully saturated rings. The molecule has 0 saturated carbocycles. The molecule has 0 saturated heterocycles. The van der Waals surface area contributed by atoms with Crippen molar-refractivity contribution in [3.05, 3.63) is 93.5 Å². The molecule has 3 rings (SSSR count). The molecule has 0 radical (unpaired) electrons. The fourth-order valence-corrected chi connectivity index (χ4v) is 3.01. The van der Waals surface area contributed by atoms with E-state index in [9.17, 15) is 4.79 Å². The van der Waals surface area contributed by atoms with Crippen LogP contribution >= 0.6 is 23.2 Å². The minimum absolute atomic E-state index is 0.00153. The summed E-state index contributed by atoms with van der Waals surface area (Å²) < 4.78 is 11.6. The van der Waals surface area contributed by atoms with E-state index in [1.165, 1.54) is 0 Å². The summed E-state index contributed by atoms with van der Waals surface area (Å²) in [6, 6.07) is 19.7. The highest BCUT2D eigenvalue weighted by Crippen LogP contribution is 2.22. The number of hydrogen-bond acceptors (Lipinski definition) is 3. The van der Waals surface area contributed by atoms with E-state index in [2.05, 4.69) is 11.8 Å². The molecule has 6 heteroatoms. The summed E-state index contributed by atoms with van der Waals surface area (Å²) in [5, 5.41) is 10.0. The molecule has 1 N–H and O–H groups in total. The number of aliphatic carboxylic acids is 1. The van der Waals surface area contributed by atoms with Gasteiger partial charge >= 0.3 is 5.97 Å². The number of hydrogen-bond donors (Lipinski definition) is 1. The van der Waals surface area contributed by atoms with Gasteiger partial charge in [0.05, 0.1) is 25.2 Å². The Hall–Kier alpha value is -3.13. The molecule has 0 aromatic heterocycles. The van der Waals surface area contributed by atoms with Gasteiger partial charge in [0.25, 0.3) is 0 Å². The molecule has 0 aliphatic heterocycles. The van der Waals surface area contributed by atoms with Crippen molar-refractivity contribution in [2.75, 3.05) is 13.2 Å². The fourth-order valence-electron chi connectivity index (χ4n) is 2.71. The van der Waals surface area contributed by atoms with Crippen LogP contribution in [0, 0.1) is 11.8 Å². The average Bonchev–Trinajstić information content (AvgIpc) is 2.75. The van der Waals surface area contributed by atoms with Crippen molar-refractivity contribution < 1.29 is 19.4 Å². The van der Waals surface area contributed by atoms with Crippen molar-refractivity contribution in [2.45, 2.75) is 12.8 Å². The molecule has 31 heavy (non-hydrogen) atoms. The molecule has 0 amide bonds. The van der Waals surface area contributed by atoms with E-state index in [-0.39, 0.29) is 6.42 Å². The summed E-state index contributed by atoms with van der Waals surface area (Å²) in [5.74, 6) is 6.68. The van der Waals surface area contributed by atoms with Gasteiger partial charge in [0, 0.05) is 22.0 Å². The second-order valence-electron chi connectivity index (χ2n) is 6.66. The third-order valence-corrected chi connectivity index (χ3v) is 4.71. The van der Waals surface area contributed by atoms with E-state index >= 15 is 0 Å². The Morgan fingerprint density at radius 2 is 1.52 bits per heavy atom. The Morgan fingerprint density at radius 1 is 0.839 bits per heavy atom. The normalized spacial score (nSPS) is 10.1. The topological polar surface area (TPSA) is 55.8 Å². The number of carboxylic acids is 1. The molecule has 0 atom stereocenters. The lowest BCUT2D eigenvalue weighted by molar-refractivity contribution is -0.136. The largest absolute Gasteiger partial charge is 0.493 e. The van der Waals surface area contributed by atoms with Crippen molar-refractivity contribution >= 4 is 29.2 Å². The van der Waals surface area contributed by atoms with Crippen LogP contribution in [0.4, 0.5) is 0 Å². The molecule has 0 unspecified atom stereocenters. The van der Waals surface area contributed by atoms with Crippen LogP contribution in [-0.2, 0) is 11.2 Å². The smallest absolute Gasteiger partial charge is 0.307 e. The van der Waals surface area contributed by atoms with E-state index in [1.807, 2.05) is 12.1 Å². The van der Waals surface area contributed by atoms with Crippen LogP contribution < -0.4 is 9.47 Å². The molecule has 0 spiro atoms. The fraction of sp³-hybridized carbons (Fsp3) is 0.160. The monoisotopic (exact) mass is 454 g/mol. The maximum absolute atomic E-state index is 10.7. The van der Waals surface area contributed by atoms with Crippen molar-refractivity contribution in [3.63, 3.8) is 0 Å². The first-order chi connectivity index (χ1) is 15.0. The summed E-state index contributed by atoms with van der Waals surface area (Å²) in [6.45, 7) is 0.923. The number of carbonyl (C=O) groups is 1. The highest BCUT2D eigenvalue weighted by atomic mass is 35.5. The van der Waals surface area contributed by atoms with Crippen molar-refractivity contribution in [1.82, 2.24) is 0 Å². The molecule has 0 heterocycles. The third-order valence-electron chi connectivity index (χ3n) is 4.22. The minimum Gasteiger partial charge on any atom is -0.493 e. The van der Waals surface area contributed by atoms with Gasteiger partial charge in [-0.2, -0.15) is 0 Å². The average molecular weight is 455 g/mol. The third kappa shape index (κ3) is 7.57. The number of rotatable bonds is 8. The Labute approximate surface area is 191 Å². The first-order valence-corrected chi connectivity index (χ1v) is 10.4. The number of benzene rings is 3. The standard InChI is InChI=1S/C25H20Cl2O4/c26-21-8-3-18(4-9-21)2-7-20-17-22(27)10-13-24(20)31-15-1-14-30-23-11-5-19(6-12-23)16-25(28)29/h3-6,8-13,17H,1,14-16H2,(H,28,29). The van der Waals surface area contributed by atoms with E-state index in [0.717, 1.165) is 11.1 Å². The Kier molecular flexibility index (Phi) is 8.23. The van der Waals surface area contributed by atoms with E-state index < -0.39 is 5.97 Å². The lowest BCUT2D eigenvalue weighted by Crippen LogP contribution is -2.06. The van der Waals surface area contributed by atoms with Gasteiger partial charge in [0.1, 0.15) is 11.5 Å². The Bertz CT molecular complexity index is 1080. The molecule has 4 nitrogen and oxygen atoms in total. The molecule has 3 aromatic carbocycles.